The highest BCUT2D eigenvalue weighted by atomic mass is 79.9. The number of carbonyl (C=O) groups excluding carboxylic acids is 1. The van der Waals surface area contributed by atoms with E-state index in [1.807, 2.05) is 0 Å². The third kappa shape index (κ3) is 4.41. The molecule has 1 heterocycles. The number of nitrogens with zero attached hydrogens (tertiary/aromatic N) is 1. The van der Waals surface area contributed by atoms with Crippen LogP contribution in [-0.2, 0) is 0 Å². The molecule has 28 heavy (non-hydrogen) atoms. The average Bonchev–Trinajstić information content (AvgIpc) is 3.14. The van der Waals surface area contributed by atoms with Crippen LogP contribution < -0.4 is 10.6 Å². The second-order valence-electron chi connectivity index (χ2n) is 5.47. The van der Waals surface area contributed by atoms with Gasteiger partial charge in [-0.05, 0) is 48.6 Å². The van der Waals surface area contributed by atoms with Gasteiger partial charge in [-0.2, -0.15) is 0 Å². The summed E-state index contributed by atoms with van der Waals surface area (Å²) in [7, 11) is 0. The van der Waals surface area contributed by atoms with Gasteiger partial charge in [0.1, 0.15) is 11.6 Å². The molecule has 0 saturated heterocycles. The zero-order valence-electron chi connectivity index (χ0n) is 13.9. The lowest BCUT2D eigenvalue weighted by atomic mass is 10.1. The Labute approximate surface area is 171 Å². The molecule has 3 aromatic rings. The molecule has 2 aromatic carbocycles. The SMILES string of the molecule is O=C(NC(=S)Nc1ccc(Br)cc1F)c1ccc(-c2ccccc2[N+](=O)[O-])o1. The second kappa shape index (κ2) is 8.28. The minimum absolute atomic E-state index is 0.0912. The first-order valence-electron chi connectivity index (χ1n) is 7.76. The first-order valence-corrected chi connectivity index (χ1v) is 8.96. The highest BCUT2D eigenvalue weighted by Crippen LogP contribution is 2.30. The number of para-hydroxylation sites is 1. The predicted octanol–water partition coefficient (Wildman–Crippen LogP) is 4.88. The van der Waals surface area contributed by atoms with Crippen LogP contribution in [0.4, 0.5) is 15.8 Å². The fraction of sp³-hybridized carbons (Fsp3) is 0. The molecule has 0 fully saturated rings. The maximum atomic E-state index is 13.8. The van der Waals surface area contributed by atoms with E-state index in [0.29, 0.717) is 4.47 Å². The van der Waals surface area contributed by atoms with Gasteiger partial charge in [0.25, 0.3) is 11.6 Å². The fourth-order valence-electron chi connectivity index (χ4n) is 2.36. The van der Waals surface area contributed by atoms with Crippen molar-refractivity contribution in [3.05, 3.63) is 80.8 Å². The summed E-state index contributed by atoms with van der Waals surface area (Å²) in [6, 6.07) is 13.1. The number of carbonyl (C=O) groups is 1. The number of furan rings is 1. The molecule has 1 aromatic heterocycles. The van der Waals surface area contributed by atoms with E-state index in [1.54, 1.807) is 12.1 Å². The Morgan fingerprint density at radius 1 is 1.18 bits per heavy atom. The molecule has 10 heteroatoms. The molecule has 142 valence electrons. The first kappa shape index (κ1) is 19.6. The van der Waals surface area contributed by atoms with Crippen molar-refractivity contribution in [3.8, 4) is 11.3 Å². The second-order valence-corrected chi connectivity index (χ2v) is 6.79. The Bertz CT molecular complexity index is 1090. The molecule has 0 radical (unpaired) electrons. The summed E-state index contributed by atoms with van der Waals surface area (Å²) in [6.45, 7) is 0. The van der Waals surface area contributed by atoms with E-state index >= 15 is 0 Å². The number of nitrogens with one attached hydrogen (secondary N) is 2. The van der Waals surface area contributed by atoms with Crippen LogP contribution >= 0.6 is 28.1 Å². The number of benzene rings is 2. The summed E-state index contributed by atoms with van der Waals surface area (Å²) in [6.07, 6.45) is 0. The molecule has 1 amide bonds. The van der Waals surface area contributed by atoms with Gasteiger partial charge in [-0.1, -0.05) is 28.1 Å². The van der Waals surface area contributed by atoms with E-state index in [4.69, 9.17) is 16.6 Å². The summed E-state index contributed by atoms with van der Waals surface area (Å²) in [5, 5.41) is 15.9. The summed E-state index contributed by atoms with van der Waals surface area (Å²) >= 11 is 8.15. The molecule has 2 N–H and O–H groups in total. The largest absolute Gasteiger partial charge is 0.451 e. The van der Waals surface area contributed by atoms with Crippen LogP contribution in [0.25, 0.3) is 11.3 Å². The number of nitro groups is 1. The van der Waals surface area contributed by atoms with E-state index in [9.17, 15) is 19.3 Å². The van der Waals surface area contributed by atoms with Crippen molar-refractivity contribution in [2.45, 2.75) is 0 Å². The molecule has 0 atom stereocenters. The summed E-state index contributed by atoms with van der Waals surface area (Å²) in [4.78, 5) is 22.9. The minimum Gasteiger partial charge on any atom is -0.451 e. The maximum absolute atomic E-state index is 13.8. The van der Waals surface area contributed by atoms with Crippen molar-refractivity contribution in [3.63, 3.8) is 0 Å². The fourth-order valence-corrected chi connectivity index (χ4v) is 2.89. The lowest BCUT2D eigenvalue weighted by Gasteiger charge is -2.09. The van der Waals surface area contributed by atoms with Gasteiger partial charge >= 0.3 is 0 Å². The van der Waals surface area contributed by atoms with Gasteiger partial charge in [0.05, 0.1) is 16.2 Å². The zero-order valence-corrected chi connectivity index (χ0v) is 16.3. The number of hydrogen-bond acceptors (Lipinski definition) is 5. The normalized spacial score (nSPS) is 10.4. The van der Waals surface area contributed by atoms with Crippen LogP contribution in [0.15, 0.2) is 63.5 Å². The molecule has 7 nitrogen and oxygen atoms in total. The van der Waals surface area contributed by atoms with Gasteiger partial charge in [-0.3, -0.25) is 20.2 Å². The van der Waals surface area contributed by atoms with E-state index in [1.165, 1.54) is 42.5 Å². The topological polar surface area (TPSA) is 97.4 Å². The van der Waals surface area contributed by atoms with Crippen LogP contribution in [-0.4, -0.2) is 15.9 Å². The van der Waals surface area contributed by atoms with Crippen LogP contribution in [0.2, 0.25) is 0 Å². The third-order valence-electron chi connectivity index (χ3n) is 3.60. The molecular formula is C18H11BrFN3O4S. The van der Waals surface area contributed by atoms with Gasteiger partial charge in [-0.15, -0.1) is 0 Å². The maximum Gasteiger partial charge on any atom is 0.293 e. The van der Waals surface area contributed by atoms with Crippen molar-refractivity contribution in [2.24, 2.45) is 0 Å². The quantitative estimate of drug-likeness (QED) is 0.325. The Morgan fingerprint density at radius 3 is 2.64 bits per heavy atom. The molecule has 3 rings (SSSR count). The van der Waals surface area contributed by atoms with Gasteiger partial charge in [0.2, 0.25) is 0 Å². The first-order chi connectivity index (χ1) is 13.3. The van der Waals surface area contributed by atoms with Crippen LogP contribution in [0.1, 0.15) is 10.6 Å². The lowest BCUT2D eigenvalue weighted by Crippen LogP contribution is -2.34. The molecule has 0 aliphatic rings. The van der Waals surface area contributed by atoms with E-state index < -0.39 is 16.6 Å². The number of hydrogen-bond donors (Lipinski definition) is 2. The van der Waals surface area contributed by atoms with Crippen LogP contribution in [0, 0.1) is 15.9 Å². The number of halogens is 2. The van der Waals surface area contributed by atoms with Gasteiger partial charge in [-0.25, -0.2) is 4.39 Å². The Morgan fingerprint density at radius 2 is 1.93 bits per heavy atom. The zero-order chi connectivity index (χ0) is 20.3. The van der Waals surface area contributed by atoms with Gasteiger partial charge < -0.3 is 9.73 Å². The van der Waals surface area contributed by atoms with E-state index in [0.717, 1.165) is 0 Å². The van der Waals surface area contributed by atoms with E-state index in [-0.39, 0.29) is 33.6 Å². The Kier molecular flexibility index (Phi) is 5.81. The number of thiocarbonyl (C=S) groups is 1. The van der Waals surface area contributed by atoms with Crippen molar-refractivity contribution < 1.29 is 18.5 Å². The predicted molar refractivity (Wildman–Crippen MR) is 109 cm³/mol. The van der Waals surface area contributed by atoms with Crippen LogP contribution in [0.5, 0.6) is 0 Å². The summed E-state index contributed by atoms with van der Waals surface area (Å²) in [5.74, 6) is -1.17. The number of rotatable bonds is 4. The summed E-state index contributed by atoms with van der Waals surface area (Å²) < 4.78 is 19.8. The molecule has 0 unspecified atom stereocenters. The van der Waals surface area contributed by atoms with Crippen molar-refractivity contribution in [1.82, 2.24) is 5.32 Å². The number of amides is 1. The highest BCUT2D eigenvalue weighted by Gasteiger charge is 2.19. The lowest BCUT2D eigenvalue weighted by molar-refractivity contribution is -0.384. The average molecular weight is 464 g/mol. The van der Waals surface area contributed by atoms with Crippen molar-refractivity contribution in [1.29, 1.82) is 0 Å². The molecule has 0 aliphatic carbocycles. The standard InChI is InChI=1S/C18H11BrFN3O4S/c19-10-5-6-13(12(20)9-10)21-18(28)22-17(24)16-8-7-15(27-16)11-3-1-2-4-14(11)23(25)26/h1-9H,(H2,21,22,24,28). The summed E-state index contributed by atoms with van der Waals surface area (Å²) in [5.41, 5.74) is 0.185. The molecule has 0 bridgehead atoms. The third-order valence-corrected chi connectivity index (χ3v) is 4.30. The number of anilines is 1. The molecular weight excluding hydrogens is 453 g/mol. The highest BCUT2D eigenvalue weighted by molar-refractivity contribution is 9.10. The smallest absolute Gasteiger partial charge is 0.293 e. The number of nitro benzene ring substituents is 1. The monoisotopic (exact) mass is 463 g/mol. The van der Waals surface area contributed by atoms with E-state index in [2.05, 4.69) is 26.6 Å². The Hall–Kier alpha value is -3.11. The van der Waals surface area contributed by atoms with Crippen molar-refractivity contribution in [2.75, 3.05) is 5.32 Å². The Balaban J connectivity index is 1.72. The van der Waals surface area contributed by atoms with Crippen LogP contribution in [0.3, 0.4) is 0 Å². The molecule has 0 spiro atoms. The van der Waals surface area contributed by atoms with Crippen molar-refractivity contribution >= 4 is 50.5 Å². The molecule has 0 saturated carbocycles. The van der Waals surface area contributed by atoms with Gasteiger partial charge in [0.15, 0.2) is 10.9 Å². The minimum atomic E-state index is -0.681. The molecule has 0 aliphatic heterocycles. The van der Waals surface area contributed by atoms with Gasteiger partial charge in [0, 0.05) is 10.5 Å².